The van der Waals surface area contributed by atoms with Crippen LogP contribution in [0.1, 0.15) is 73.4 Å². The first kappa shape index (κ1) is 33.2. The number of allylic oxidation sites excluding steroid dienone is 5. The molecule has 0 saturated carbocycles. The van der Waals surface area contributed by atoms with Gasteiger partial charge in [-0.25, -0.2) is 4.39 Å². The number of hydrogen-bond acceptors (Lipinski definition) is 2. The summed E-state index contributed by atoms with van der Waals surface area (Å²) in [5.41, 5.74) is 8.75. The lowest BCUT2D eigenvalue weighted by atomic mass is 10.0. The van der Waals surface area contributed by atoms with E-state index in [1.165, 1.54) is 36.1 Å². The van der Waals surface area contributed by atoms with Gasteiger partial charge in [-0.2, -0.15) is 0 Å². The normalized spacial score (nSPS) is 12.8. The van der Waals surface area contributed by atoms with Crippen molar-refractivity contribution in [3.63, 3.8) is 0 Å². The predicted octanol–water partition coefficient (Wildman–Crippen LogP) is 9.53. The fourth-order valence-corrected chi connectivity index (χ4v) is 3.40. The first-order valence-corrected chi connectivity index (χ1v) is 12.8. The molecule has 3 heteroatoms. The van der Waals surface area contributed by atoms with Gasteiger partial charge >= 0.3 is 0 Å². The summed E-state index contributed by atoms with van der Waals surface area (Å²) in [6.45, 7) is 28.1. The summed E-state index contributed by atoms with van der Waals surface area (Å²) in [4.78, 5) is 0. The minimum absolute atomic E-state index is 0.473. The Balaban J connectivity index is 0. The van der Waals surface area contributed by atoms with E-state index in [4.69, 9.17) is 0 Å². The van der Waals surface area contributed by atoms with Crippen LogP contribution in [0.3, 0.4) is 0 Å². The molecule has 1 atom stereocenters. The molecule has 0 bridgehead atoms. The standard InChI is InChI=1S/C18H29NS.C9H12.C3H7F/c1-9-11-18(10-2)19-14(5)12-20-17(8)16(7)15(6)13(3)4;1-3-9-6-4-8(2)5-7-9;1-3(2)4/h9-11,17,19H,3,5,12H2,1-2,4,6-8H3;4-7H,3H2,1-2H3;3H,1-2H3/b11-9-,16-15-,18-10+;;. The van der Waals surface area contributed by atoms with E-state index in [1.807, 2.05) is 31.7 Å². The monoisotopic (exact) mass is 473 g/mol. The van der Waals surface area contributed by atoms with E-state index in [-0.39, 0.29) is 0 Å². The number of thioether (sulfide) groups is 1. The van der Waals surface area contributed by atoms with Gasteiger partial charge in [0.2, 0.25) is 0 Å². The van der Waals surface area contributed by atoms with Gasteiger partial charge in [0.15, 0.2) is 0 Å². The summed E-state index contributed by atoms with van der Waals surface area (Å²) in [6.07, 6.45) is 6.60. The molecule has 0 aliphatic heterocycles. The van der Waals surface area contributed by atoms with Crippen LogP contribution >= 0.6 is 11.8 Å². The van der Waals surface area contributed by atoms with Gasteiger partial charge in [0.05, 0.1) is 6.17 Å². The molecule has 0 fully saturated rings. The number of hydrogen-bond donors (Lipinski definition) is 1. The van der Waals surface area contributed by atoms with E-state index in [0.29, 0.717) is 5.25 Å². The van der Waals surface area contributed by atoms with E-state index in [1.54, 1.807) is 0 Å². The topological polar surface area (TPSA) is 12.0 Å². The fourth-order valence-electron chi connectivity index (χ4n) is 2.45. The van der Waals surface area contributed by atoms with Crippen LogP contribution in [0.2, 0.25) is 0 Å². The third kappa shape index (κ3) is 18.1. The van der Waals surface area contributed by atoms with Crippen molar-refractivity contribution in [1.82, 2.24) is 5.32 Å². The first-order valence-electron chi connectivity index (χ1n) is 11.8. The first-order chi connectivity index (χ1) is 15.4. The highest BCUT2D eigenvalue weighted by Crippen LogP contribution is 2.25. The zero-order valence-electron chi connectivity index (χ0n) is 22.8. The molecule has 1 rings (SSSR count). The average Bonchev–Trinajstić information content (AvgIpc) is 2.76. The SMILES string of the molecule is C=C(CSC(C)/C(C)=C(/C)C(=C)C)NC(/C=C\C)=C/C.CC(C)F.CCc1ccc(C)cc1. The van der Waals surface area contributed by atoms with E-state index >= 15 is 0 Å². The maximum absolute atomic E-state index is 11.0. The molecule has 0 aliphatic carbocycles. The maximum atomic E-state index is 11.0. The van der Waals surface area contributed by atoms with Gasteiger partial charge in [0, 0.05) is 22.4 Å². The molecule has 0 amide bonds. The van der Waals surface area contributed by atoms with Crippen molar-refractivity contribution in [3.05, 3.63) is 94.9 Å². The summed E-state index contributed by atoms with van der Waals surface area (Å²) >= 11 is 1.90. The molecular weight excluding hydrogens is 425 g/mol. The summed E-state index contributed by atoms with van der Waals surface area (Å²) in [6, 6.07) is 8.66. The van der Waals surface area contributed by atoms with Gasteiger partial charge in [0.1, 0.15) is 0 Å². The predicted molar refractivity (Wildman–Crippen MR) is 153 cm³/mol. The number of benzene rings is 1. The summed E-state index contributed by atoms with van der Waals surface area (Å²) in [5.74, 6) is 0.900. The van der Waals surface area contributed by atoms with Crippen LogP contribution in [0.25, 0.3) is 0 Å². The molecule has 1 nitrogen and oxygen atoms in total. The largest absolute Gasteiger partial charge is 0.359 e. The van der Waals surface area contributed by atoms with Crippen LogP contribution in [-0.2, 0) is 6.42 Å². The molecule has 33 heavy (non-hydrogen) atoms. The Morgan fingerprint density at radius 3 is 1.97 bits per heavy atom. The van der Waals surface area contributed by atoms with Crippen molar-refractivity contribution in [2.45, 2.75) is 87.1 Å². The fraction of sp³-hybridized carbons (Fsp3) is 0.467. The molecule has 0 radical (unpaired) electrons. The minimum atomic E-state index is -0.667. The van der Waals surface area contributed by atoms with Crippen molar-refractivity contribution in [2.24, 2.45) is 0 Å². The smallest absolute Gasteiger partial charge is 0.0945 e. The van der Waals surface area contributed by atoms with Gasteiger partial charge in [0.25, 0.3) is 0 Å². The van der Waals surface area contributed by atoms with Crippen molar-refractivity contribution in [1.29, 1.82) is 0 Å². The Morgan fingerprint density at radius 2 is 1.58 bits per heavy atom. The molecule has 0 aromatic heterocycles. The number of nitrogens with one attached hydrogen (secondary N) is 1. The number of rotatable bonds is 9. The molecule has 1 unspecified atom stereocenters. The second-order valence-electron chi connectivity index (χ2n) is 8.37. The summed E-state index contributed by atoms with van der Waals surface area (Å²) < 4.78 is 11.0. The van der Waals surface area contributed by atoms with Gasteiger partial charge in [-0.05, 0) is 85.9 Å². The van der Waals surface area contributed by atoms with Crippen LogP contribution in [0, 0.1) is 6.92 Å². The highest BCUT2D eigenvalue weighted by Gasteiger charge is 2.09. The Kier molecular flexibility index (Phi) is 19.6. The molecular formula is C30H48FNS. The number of aryl methyl sites for hydroxylation is 2. The lowest BCUT2D eigenvalue weighted by molar-refractivity contribution is 0.391. The zero-order chi connectivity index (χ0) is 26.0. The highest BCUT2D eigenvalue weighted by atomic mass is 32.2. The second-order valence-corrected chi connectivity index (χ2v) is 9.70. The highest BCUT2D eigenvalue weighted by molar-refractivity contribution is 8.00. The lowest BCUT2D eigenvalue weighted by Gasteiger charge is -2.17. The molecule has 0 saturated heterocycles. The molecule has 1 N–H and O–H groups in total. The average molecular weight is 474 g/mol. The van der Waals surface area contributed by atoms with Gasteiger partial charge in [-0.15, -0.1) is 11.8 Å². The molecule has 1 aromatic rings. The van der Waals surface area contributed by atoms with Crippen molar-refractivity contribution < 1.29 is 4.39 Å². The quantitative estimate of drug-likeness (QED) is 0.358. The molecule has 1 aromatic carbocycles. The third-order valence-electron chi connectivity index (χ3n) is 4.86. The minimum Gasteiger partial charge on any atom is -0.359 e. The van der Waals surface area contributed by atoms with Crippen molar-refractivity contribution in [3.8, 4) is 0 Å². The van der Waals surface area contributed by atoms with Gasteiger partial charge in [-0.1, -0.05) is 73.2 Å². The van der Waals surface area contributed by atoms with E-state index in [9.17, 15) is 4.39 Å². The maximum Gasteiger partial charge on any atom is 0.0945 e. The Bertz CT molecular complexity index is 779. The molecule has 0 aliphatic rings. The van der Waals surface area contributed by atoms with E-state index < -0.39 is 6.17 Å². The molecule has 0 spiro atoms. The lowest BCUT2D eigenvalue weighted by Crippen LogP contribution is -2.14. The second kappa shape index (κ2) is 19.5. The Morgan fingerprint density at radius 1 is 1.06 bits per heavy atom. The molecule has 186 valence electrons. The zero-order valence-corrected chi connectivity index (χ0v) is 23.6. The van der Waals surface area contributed by atoms with Crippen LogP contribution in [0.4, 0.5) is 4.39 Å². The van der Waals surface area contributed by atoms with E-state index in [0.717, 1.165) is 29.1 Å². The molecule has 0 heterocycles. The summed E-state index contributed by atoms with van der Waals surface area (Å²) in [5, 5.41) is 3.81. The van der Waals surface area contributed by atoms with Crippen molar-refractivity contribution >= 4 is 11.8 Å². The third-order valence-corrected chi connectivity index (χ3v) is 6.22. The Hall–Kier alpha value is -2.00. The van der Waals surface area contributed by atoms with Crippen LogP contribution < -0.4 is 5.32 Å². The van der Waals surface area contributed by atoms with Crippen LogP contribution in [-0.4, -0.2) is 17.2 Å². The number of alkyl halides is 1. The Labute approximate surface area is 209 Å². The van der Waals surface area contributed by atoms with Crippen molar-refractivity contribution in [2.75, 3.05) is 5.75 Å². The number of halogens is 1. The van der Waals surface area contributed by atoms with Crippen LogP contribution in [0.5, 0.6) is 0 Å². The summed E-state index contributed by atoms with van der Waals surface area (Å²) in [7, 11) is 0. The van der Waals surface area contributed by atoms with E-state index in [2.05, 4.69) is 96.4 Å². The van der Waals surface area contributed by atoms with Gasteiger partial charge in [-0.3, -0.25) is 0 Å². The van der Waals surface area contributed by atoms with Gasteiger partial charge < -0.3 is 5.32 Å². The van der Waals surface area contributed by atoms with Crippen LogP contribution in [0.15, 0.2) is 83.8 Å².